The van der Waals surface area contributed by atoms with Gasteiger partial charge in [-0.15, -0.1) is 0 Å². The lowest BCUT2D eigenvalue weighted by molar-refractivity contribution is 0.103. The molecule has 1 saturated carbocycles. The second kappa shape index (κ2) is 4.85. The van der Waals surface area contributed by atoms with E-state index in [1.54, 1.807) is 0 Å². The van der Waals surface area contributed by atoms with Gasteiger partial charge >= 0.3 is 6.09 Å². The van der Waals surface area contributed by atoms with Crippen LogP contribution in [0.5, 0.6) is 0 Å². The SMILES string of the molecule is O=C(O)NC1CN(Cc2ccccc2)CC12CCC2. The van der Waals surface area contributed by atoms with Crippen LogP contribution < -0.4 is 5.32 Å². The molecule has 4 heteroatoms. The van der Waals surface area contributed by atoms with Crippen molar-refractivity contribution in [3.8, 4) is 0 Å². The number of carboxylic acid groups (broad SMARTS) is 1. The highest BCUT2D eigenvalue weighted by Gasteiger charge is 2.50. The number of hydrogen-bond donors (Lipinski definition) is 2. The Labute approximate surface area is 113 Å². The third kappa shape index (κ3) is 2.45. The van der Waals surface area contributed by atoms with Gasteiger partial charge in [0, 0.05) is 25.0 Å². The molecule has 4 nitrogen and oxygen atoms in total. The molecular weight excluding hydrogens is 240 g/mol. The van der Waals surface area contributed by atoms with E-state index in [1.807, 2.05) is 6.07 Å². The van der Waals surface area contributed by atoms with Crippen LogP contribution in [0.15, 0.2) is 30.3 Å². The van der Waals surface area contributed by atoms with Crippen LogP contribution in [0.1, 0.15) is 24.8 Å². The fraction of sp³-hybridized carbons (Fsp3) is 0.533. The topological polar surface area (TPSA) is 52.6 Å². The van der Waals surface area contributed by atoms with Crippen LogP contribution in [-0.4, -0.2) is 35.2 Å². The zero-order chi connectivity index (χ0) is 13.3. The van der Waals surface area contributed by atoms with Crippen molar-refractivity contribution in [2.45, 2.75) is 31.8 Å². The predicted molar refractivity (Wildman–Crippen MR) is 73.0 cm³/mol. The van der Waals surface area contributed by atoms with Gasteiger partial charge in [-0.05, 0) is 18.4 Å². The van der Waals surface area contributed by atoms with Gasteiger partial charge in [-0.2, -0.15) is 0 Å². The number of benzene rings is 1. The summed E-state index contributed by atoms with van der Waals surface area (Å²) in [6, 6.07) is 10.5. The summed E-state index contributed by atoms with van der Waals surface area (Å²) in [6.07, 6.45) is 2.65. The van der Waals surface area contributed by atoms with Crippen molar-refractivity contribution in [3.05, 3.63) is 35.9 Å². The van der Waals surface area contributed by atoms with E-state index >= 15 is 0 Å². The molecule has 0 aromatic heterocycles. The Hall–Kier alpha value is -1.55. The fourth-order valence-electron chi connectivity index (χ4n) is 3.52. The van der Waals surface area contributed by atoms with Crippen molar-refractivity contribution >= 4 is 6.09 Å². The normalized spacial score (nSPS) is 25.2. The molecule has 2 fully saturated rings. The number of nitrogens with zero attached hydrogens (tertiary/aromatic N) is 1. The molecule has 1 atom stereocenters. The average Bonchev–Trinajstić information content (AvgIpc) is 2.68. The van der Waals surface area contributed by atoms with Crippen LogP contribution >= 0.6 is 0 Å². The van der Waals surface area contributed by atoms with Crippen LogP contribution in [0.2, 0.25) is 0 Å². The molecule has 1 spiro atoms. The van der Waals surface area contributed by atoms with E-state index in [1.165, 1.54) is 12.0 Å². The standard InChI is InChI=1S/C15H20N2O2/c18-14(19)16-13-10-17(11-15(13)7-4-8-15)9-12-5-2-1-3-6-12/h1-3,5-6,13,16H,4,7-11H2,(H,18,19). The molecule has 1 amide bonds. The van der Waals surface area contributed by atoms with E-state index in [-0.39, 0.29) is 11.5 Å². The van der Waals surface area contributed by atoms with Crippen molar-refractivity contribution < 1.29 is 9.90 Å². The molecular formula is C15H20N2O2. The number of hydrogen-bond acceptors (Lipinski definition) is 2. The molecule has 3 rings (SSSR count). The number of carbonyl (C=O) groups is 1. The van der Waals surface area contributed by atoms with Crippen molar-refractivity contribution in [1.82, 2.24) is 10.2 Å². The van der Waals surface area contributed by atoms with Crippen molar-refractivity contribution in [1.29, 1.82) is 0 Å². The summed E-state index contributed by atoms with van der Waals surface area (Å²) in [6.45, 7) is 2.77. The van der Waals surface area contributed by atoms with Crippen molar-refractivity contribution in [2.24, 2.45) is 5.41 Å². The number of amides is 1. The first-order valence-electron chi connectivity index (χ1n) is 6.94. The Bertz CT molecular complexity index is 456. The molecule has 1 aromatic carbocycles. The van der Waals surface area contributed by atoms with E-state index in [0.29, 0.717) is 0 Å². The molecule has 1 aliphatic heterocycles. The molecule has 102 valence electrons. The quantitative estimate of drug-likeness (QED) is 0.877. The summed E-state index contributed by atoms with van der Waals surface area (Å²) >= 11 is 0. The lowest BCUT2D eigenvalue weighted by Gasteiger charge is -2.42. The number of nitrogens with one attached hydrogen (secondary N) is 1. The van der Waals surface area contributed by atoms with Gasteiger partial charge in [-0.25, -0.2) is 4.79 Å². The van der Waals surface area contributed by atoms with Gasteiger partial charge in [0.2, 0.25) is 0 Å². The highest BCUT2D eigenvalue weighted by molar-refractivity contribution is 5.65. The fourth-order valence-corrected chi connectivity index (χ4v) is 3.52. The Morgan fingerprint density at radius 1 is 1.37 bits per heavy atom. The first-order chi connectivity index (χ1) is 9.18. The molecule has 1 saturated heterocycles. The minimum Gasteiger partial charge on any atom is -0.465 e. The van der Waals surface area contributed by atoms with E-state index in [0.717, 1.165) is 32.5 Å². The lowest BCUT2D eigenvalue weighted by atomic mass is 9.66. The van der Waals surface area contributed by atoms with Crippen LogP contribution in [0, 0.1) is 5.41 Å². The van der Waals surface area contributed by atoms with Gasteiger partial charge in [0.25, 0.3) is 0 Å². The Balaban J connectivity index is 1.67. The highest BCUT2D eigenvalue weighted by Crippen LogP contribution is 2.48. The van der Waals surface area contributed by atoms with Gasteiger partial charge in [0.05, 0.1) is 6.04 Å². The van der Waals surface area contributed by atoms with E-state index in [9.17, 15) is 4.79 Å². The first kappa shape index (κ1) is 12.5. The maximum absolute atomic E-state index is 10.9. The summed E-state index contributed by atoms with van der Waals surface area (Å²) in [7, 11) is 0. The average molecular weight is 260 g/mol. The zero-order valence-corrected chi connectivity index (χ0v) is 11.0. The van der Waals surface area contributed by atoms with Crippen molar-refractivity contribution in [2.75, 3.05) is 13.1 Å². The van der Waals surface area contributed by atoms with Crippen LogP contribution in [0.25, 0.3) is 0 Å². The Morgan fingerprint density at radius 2 is 2.11 bits per heavy atom. The summed E-state index contributed by atoms with van der Waals surface area (Å²) in [5, 5.41) is 11.7. The summed E-state index contributed by atoms with van der Waals surface area (Å²) in [5.74, 6) is 0. The number of likely N-dealkylation sites (tertiary alicyclic amines) is 1. The molecule has 1 aliphatic carbocycles. The molecule has 0 radical (unpaired) electrons. The molecule has 1 unspecified atom stereocenters. The van der Waals surface area contributed by atoms with Crippen molar-refractivity contribution in [3.63, 3.8) is 0 Å². The lowest BCUT2D eigenvalue weighted by Crippen LogP contribution is -2.50. The Kier molecular flexibility index (Phi) is 3.19. The highest BCUT2D eigenvalue weighted by atomic mass is 16.4. The van der Waals surface area contributed by atoms with E-state index in [4.69, 9.17) is 5.11 Å². The van der Waals surface area contributed by atoms with Crippen LogP contribution in [0.3, 0.4) is 0 Å². The monoisotopic (exact) mass is 260 g/mol. The predicted octanol–water partition coefficient (Wildman–Crippen LogP) is 2.31. The van der Waals surface area contributed by atoms with E-state index < -0.39 is 6.09 Å². The maximum Gasteiger partial charge on any atom is 0.404 e. The molecule has 2 aliphatic rings. The van der Waals surface area contributed by atoms with Crippen LogP contribution in [-0.2, 0) is 6.54 Å². The van der Waals surface area contributed by atoms with Gasteiger partial charge in [0.1, 0.15) is 0 Å². The van der Waals surface area contributed by atoms with Gasteiger partial charge in [-0.1, -0.05) is 36.8 Å². The molecule has 19 heavy (non-hydrogen) atoms. The molecule has 1 aromatic rings. The van der Waals surface area contributed by atoms with E-state index in [2.05, 4.69) is 34.5 Å². The minimum atomic E-state index is -0.891. The summed E-state index contributed by atoms with van der Waals surface area (Å²) in [5.41, 5.74) is 1.50. The molecule has 0 bridgehead atoms. The second-order valence-corrected chi connectivity index (χ2v) is 5.87. The molecule has 1 heterocycles. The first-order valence-corrected chi connectivity index (χ1v) is 6.94. The van der Waals surface area contributed by atoms with Crippen LogP contribution in [0.4, 0.5) is 4.79 Å². The minimum absolute atomic E-state index is 0.0995. The second-order valence-electron chi connectivity index (χ2n) is 5.87. The largest absolute Gasteiger partial charge is 0.465 e. The smallest absolute Gasteiger partial charge is 0.404 e. The third-order valence-electron chi connectivity index (χ3n) is 4.61. The zero-order valence-electron chi connectivity index (χ0n) is 11.0. The van der Waals surface area contributed by atoms with Gasteiger partial charge < -0.3 is 10.4 Å². The summed E-state index contributed by atoms with van der Waals surface area (Å²) in [4.78, 5) is 13.3. The molecule has 2 N–H and O–H groups in total. The Morgan fingerprint density at radius 3 is 2.68 bits per heavy atom. The van der Waals surface area contributed by atoms with Gasteiger partial charge in [-0.3, -0.25) is 4.90 Å². The maximum atomic E-state index is 10.9. The summed E-state index contributed by atoms with van der Waals surface area (Å²) < 4.78 is 0. The number of rotatable bonds is 3. The van der Waals surface area contributed by atoms with Gasteiger partial charge in [0.15, 0.2) is 0 Å². The third-order valence-corrected chi connectivity index (χ3v) is 4.61.